The average Bonchev–Trinajstić information content (AvgIpc) is 2.27. The molecule has 88 valence electrons. The van der Waals surface area contributed by atoms with Gasteiger partial charge in [0.2, 0.25) is 11.8 Å². The van der Waals surface area contributed by atoms with Gasteiger partial charge in [0.25, 0.3) is 0 Å². The van der Waals surface area contributed by atoms with Crippen LogP contribution in [0, 0.1) is 0 Å². The second-order valence-electron chi connectivity index (χ2n) is 3.06. The molecule has 1 aromatic carbocycles. The summed E-state index contributed by atoms with van der Waals surface area (Å²) in [6, 6.07) is 5.57. The van der Waals surface area contributed by atoms with Gasteiger partial charge in [-0.05, 0) is 50.1 Å². The fraction of sp³-hybridized carbons (Fsp3) is 0. The molecule has 2 N–H and O–H groups in total. The SMILES string of the molecule is Nc1ncc(Br)c(Oc2ccc(Br)cc2Br)n1. The van der Waals surface area contributed by atoms with Crippen LogP contribution in [-0.2, 0) is 0 Å². The van der Waals surface area contributed by atoms with E-state index in [-0.39, 0.29) is 5.95 Å². The average molecular weight is 424 g/mol. The lowest BCUT2D eigenvalue weighted by Gasteiger charge is -2.08. The van der Waals surface area contributed by atoms with E-state index in [4.69, 9.17) is 10.5 Å². The van der Waals surface area contributed by atoms with Gasteiger partial charge in [0.05, 0.1) is 15.1 Å². The van der Waals surface area contributed by atoms with E-state index in [0.717, 1.165) is 8.95 Å². The van der Waals surface area contributed by atoms with E-state index in [0.29, 0.717) is 16.1 Å². The largest absolute Gasteiger partial charge is 0.437 e. The number of ether oxygens (including phenoxy) is 1. The molecular formula is C10H6Br3N3O. The third-order valence-electron chi connectivity index (χ3n) is 1.83. The Morgan fingerprint density at radius 2 is 1.88 bits per heavy atom. The summed E-state index contributed by atoms with van der Waals surface area (Å²) >= 11 is 10.1. The number of rotatable bonds is 2. The number of nitrogens with zero attached hydrogens (tertiary/aromatic N) is 2. The predicted octanol–water partition coefficient (Wildman–Crippen LogP) is 4.14. The molecule has 0 radical (unpaired) electrons. The highest BCUT2D eigenvalue weighted by atomic mass is 79.9. The summed E-state index contributed by atoms with van der Waals surface area (Å²) in [7, 11) is 0. The van der Waals surface area contributed by atoms with Crippen molar-refractivity contribution in [2.45, 2.75) is 0 Å². The molecule has 0 fully saturated rings. The van der Waals surface area contributed by atoms with Crippen molar-refractivity contribution < 1.29 is 4.74 Å². The second-order valence-corrected chi connectivity index (χ2v) is 5.68. The number of benzene rings is 1. The van der Waals surface area contributed by atoms with Gasteiger partial charge >= 0.3 is 0 Å². The van der Waals surface area contributed by atoms with E-state index in [1.807, 2.05) is 18.2 Å². The van der Waals surface area contributed by atoms with Crippen LogP contribution >= 0.6 is 47.8 Å². The Morgan fingerprint density at radius 3 is 2.59 bits per heavy atom. The molecular weight excluding hydrogens is 418 g/mol. The van der Waals surface area contributed by atoms with Crippen LogP contribution in [-0.4, -0.2) is 9.97 Å². The first-order valence-corrected chi connectivity index (χ1v) is 6.85. The fourth-order valence-corrected chi connectivity index (χ4v) is 2.50. The van der Waals surface area contributed by atoms with Gasteiger partial charge in [-0.1, -0.05) is 15.9 Å². The lowest BCUT2D eigenvalue weighted by atomic mass is 10.3. The summed E-state index contributed by atoms with van der Waals surface area (Å²) < 4.78 is 8.04. The molecule has 0 atom stereocenters. The van der Waals surface area contributed by atoms with Crippen LogP contribution in [0.25, 0.3) is 0 Å². The summed E-state index contributed by atoms with van der Waals surface area (Å²) in [5.74, 6) is 1.18. The third-order valence-corrected chi connectivity index (χ3v) is 3.49. The molecule has 7 heteroatoms. The summed E-state index contributed by atoms with van der Waals surface area (Å²) in [6.07, 6.45) is 1.55. The lowest BCUT2D eigenvalue weighted by Crippen LogP contribution is -1.97. The number of halogens is 3. The number of nitrogens with two attached hydrogens (primary N) is 1. The minimum atomic E-state index is 0.163. The molecule has 1 aromatic heterocycles. The first kappa shape index (κ1) is 12.8. The van der Waals surface area contributed by atoms with Gasteiger partial charge in [0.1, 0.15) is 5.75 Å². The zero-order valence-electron chi connectivity index (χ0n) is 8.32. The second kappa shape index (κ2) is 5.32. The summed E-state index contributed by atoms with van der Waals surface area (Å²) in [6.45, 7) is 0. The van der Waals surface area contributed by atoms with E-state index in [2.05, 4.69) is 57.8 Å². The number of hydrogen-bond donors (Lipinski definition) is 1. The molecule has 0 amide bonds. The highest BCUT2D eigenvalue weighted by molar-refractivity contribution is 9.11. The monoisotopic (exact) mass is 421 g/mol. The third kappa shape index (κ3) is 3.17. The van der Waals surface area contributed by atoms with Crippen molar-refractivity contribution in [2.24, 2.45) is 0 Å². The maximum absolute atomic E-state index is 5.63. The van der Waals surface area contributed by atoms with Crippen LogP contribution in [0.1, 0.15) is 0 Å². The Kier molecular flexibility index (Phi) is 4.01. The van der Waals surface area contributed by atoms with Crippen LogP contribution in [0.2, 0.25) is 0 Å². The normalized spacial score (nSPS) is 10.3. The Labute approximate surface area is 123 Å². The van der Waals surface area contributed by atoms with E-state index in [1.165, 1.54) is 0 Å². The minimum Gasteiger partial charge on any atom is -0.437 e. The van der Waals surface area contributed by atoms with Crippen LogP contribution in [0.3, 0.4) is 0 Å². The zero-order chi connectivity index (χ0) is 12.4. The molecule has 2 aromatic rings. The van der Waals surface area contributed by atoms with Crippen molar-refractivity contribution in [3.63, 3.8) is 0 Å². The van der Waals surface area contributed by atoms with Crippen LogP contribution in [0.5, 0.6) is 11.6 Å². The molecule has 17 heavy (non-hydrogen) atoms. The van der Waals surface area contributed by atoms with Gasteiger partial charge in [-0.15, -0.1) is 0 Å². The molecule has 0 saturated carbocycles. The zero-order valence-corrected chi connectivity index (χ0v) is 13.1. The molecule has 0 aliphatic carbocycles. The van der Waals surface area contributed by atoms with Crippen molar-refractivity contribution in [3.05, 3.63) is 37.8 Å². The van der Waals surface area contributed by atoms with Crippen molar-refractivity contribution in [1.82, 2.24) is 9.97 Å². The molecule has 0 unspecified atom stereocenters. The minimum absolute atomic E-state index is 0.163. The lowest BCUT2D eigenvalue weighted by molar-refractivity contribution is 0.456. The van der Waals surface area contributed by atoms with Crippen LogP contribution in [0.15, 0.2) is 37.8 Å². The van der Waals surface area contributed by atoms with Gasteiger partial charge in [-0.25, -0.2) is 4.98 Å². The van der Waals surface area contributed by atoms with E-state index >= 15 is 0 Å². The van der Waals surface area contributed by atoms with Gasteiger partial charge in [0, 0.05) is 4.47 Å². The van der Waals surface area contributed by atoms with E-state index in [9.17, 15) is 0 Å². The Balaban J connectivity index is 2.34. The first-order valence-electron chi connectivity index (χ1n) is 4.47. The first-order chi connectivity index (χ1) is 8.06. The number of hydrogen-bond acceptors (Lipinski definition) is 4. The maximum atomic E-state index is 5.63. The molecule has 0 spiro atoms. The Bertz CT molecular complexity index is 562. The molecule has 0 aliphatic heterocycles. The number of anilines is 1. The number of nitrogen functional groups attached to an aromatic ring is 1. The van der Waals surface area contributed by atoms with Gasteiger partial charge in [-0.2, -0.15) is 4.98 Å². The molecule has 1 heterocycles. The molecule has 0 saturated heterocycles. The van der Waals surface area contributed by atoms with Crippen molar-refractivity contribution >= 4 is 53.7 Å². The highest BCUT2D eigenvalue weighted by Gasteiger charge is 2.09. The highest BCUT2D eigenvalue weighted by Crippen LogP contribution is 2.33. The maximum Gasteiger partial charge on any atom is 0.238 e. The summed E-state index contributed by atoms with van der Waals surface area (Å²) in [5, 5.41) is 0. The van der Waals surface area contributed by atoms with Crippen molar-refractivity contribution in [1.29, 1.82) is 0 Å². The molecule has 4 nitrogen and oxygen atoms in total. The van der Waals surface area contributed by atoms with Crippen LogP contribution in [0.4, 0.5) is 5.95 Å². The quantitative estimate of drug-likeness (QED) is 0.788. The van der Waals surface area contributed by atoms with Crippen molar-refractivity contribution in [2.75, 3.05) is 5.73 Å². The Hall–Kier alpha value is -0.660. The van der Waals surface area contributed by atoms with Crippen LogP contribution < -0.4 is 10.5 Å². The standard InChI is InChI=1S/C10H6Br3N3O/c11-5-1-2-8(6(12)3-5)17-9-7(13)4-15-10(14)16-9/h1-4H,(H2,14,15,16). The van der Waals surface area contributed by atoms with Gasteiger partial charge < -0.3 is 10.5 Å². The number of aromatic nitrogens is 2. The van der Waals surface area contributed by atoms with E-state index < -0.39 is 0 Å². The predicted molar refractivity (Wildman–Crippen MR) is 76.1 cm³/mol. The molecule has 2 rings (SSSR count). The van der Waals surface area contributed by atoms with E-state index in [1.54, 1.807) is 6.20 Å². The summed E-state index contributed by atoms with van der Waals surface area (Å²) in [5.41, 5.74) is 5.50. The fourth-order valence-electron chi connectivity index (χ4n) is 1.10. The van der Waals surface area contributed by atoms with Crippen molar-refractivity contribution in [3.8, 4) is 11.6 Å². The smallest absolute Gasteiger partial charge is 0.238 e. The molecule has 0 aliphatic rings. The summed E-state index contributed by atoms with van der Waals surface area (Å²) in [4.78, 5) is 7.83. The molecule has 0 bridgehead atoms. The van der Waals surface area contributed by atoms with Gasteiger partial charge in [0.15, 0.2) is 0 Å². The van der Waals surface area contributed by atoms with Gasteiger partial charge in [-0.3, -0.25) is 0 Å². The topological polar surface area (TPSA) is 61.0 Å². The Morgan fingerprint density at radius 1 is 1.12 bits per heavy atom.